The van der Waals surface area contributed by atoms with Crippen molar-refractivity contribution < 1.29 is 4.74 Å². The zero-order valence-electron chi connectivity index (χ0n) is 10.3. The highest BCUT2D eigenvalue weighted by Crippen LogP contribution is 2.38. The number of hydrogen-bond donors (Lipinski definition) is 2. The van der Waals surface area contributed by atoms with E-state index in [9.17, 15) is 0 Å². The van der Waals surface area contributed by atoms with Crippen molar-refractivity contribution in [3.63, 3.8) is 0 Å². The first-order valence-electron chi connectivity index (χ1n) is 5.94. The van der Waals surface area contributed by atoms with E-state index in [2.05, 4.69) is 27.2 Å². The van der Waals surface area contributed by atoms with Crippen LogP contribution in [-0.4, -0.2) is 29.7 Å². The van der Waals surface area contributed by atoms with Crippen LogP contribution in [0.3, 0.4) is 0 Å². The van der Waals surface area contributed by atoms with Crippen LogP contribution in [0.2, 0.25) is 0 Å². The van der Waals surface area contributed by atoms with Crippen LogP contribution in [0, 0.1) is 0 Å². The predicted octanol–water partition coefficient (Wildman–Crippen LogP) is 1.15. The molecule has 0 unspecified atom stereocenters. The van der Waals surface area contributed by atoms with Gasteiger partial charge < -0.3 is 15.1 Å². The maximum atomic E-state index is 5.42. The van der Waals surface area contributed by atoms with E-state index in [1.807, 2.05) is 0 Å². The number of ether oxygens (including phenoxy) is 1. The van der Waals surface area contributed by atoms with Crippen molar-refractivity contribution in [3.8, 4) is 5.75 Å². The second kappa shape index (κ2) is 5.18. The highest BCUT2D eigenvalue weighted by atomic mass is 16.5. The summed E-state index contributed by atoms with van der Waals surface area (Å²) in [5.41, 5.74) is 2.54. The van der Waals surface area contributed by atoms with Crippen LogP contribution in [0.25, 0.3) is 0 Å². The minimum absolute atomic E-state index is 0.527. The van der Waals surface area contributed by atoms with E-state index in [4.69, 9.17) is 10.6 Å². The molecule has 1 aliphatic rings. The summed E-state index contributed by atoms with van der Waals surface area (Å²) in [6.45, 7) is 3.13. The Kier molecular flexibility index (Phi) is 3.63. The van der Waals surface area contributed by atoms with E-state index in [0.717, 1.165) is 18.8 Å². The number of nitrogens with one attached hydrogen (secondary N) is 1. The third kappa shape index (κ3) is 2.41. The van der Waals surface area contributed by atoms with Crippen molar-refractivity contribution >= 4 is 11.6 Å². The maximum absolute atomic E-state index is 5.42. The minimum atomic E-state index is 0.527. The Morgan fingerprint density at radius 3 is 2.82 bits per heavy atom. The molecule has 17 heavy (non-hydrogen) atoms. The molecule has 3 N–H and O–H groups in total. The largest absolute Gasteiger partial charge is 0.490 e. The van der Waals surface area contributed by atoms with Gasteiger partial charge in [0.1, 0.15) is 6.33 Å². The molecule has 1 aromatic heterocycles. The van der Waals surface area contributed by atoms with Crippen molar-refractivity contribution in [3.05, 3.63) is 6.33 Å². The quantitative estimate of drug-likeness (QED) is 0.571. The van der Waals surface area contributed by atoms with Gasteiger partial charge in [0, 0.05) is 12.6 Å². The van der Waals surface area contributed by atoms with E-state index in [1.54, 1.807) is 7.11 Å². The first kappa shape index (κ1) is 11.9. The molecule has 6 heteroatoms. The van der Waals surface area contributed by atoms with Crippen LogP contribution in [0.15, 0.2) is 6.33 Å². The van der Waals surface area contributed by atoms with Gasteiger partial charge in [-0.1, -0.05) is 6.92 Å². The Labute approximate surface area is 101 Å². The molecule has 1 heterocycles. The zero-order valence-corrected chi connectivity index (χ0v) is 10.3. The highest BCUT2D eigenvalue weighted by molar-refractivity contribution is 5.65. The molecule has 0 radical (unpaired) electrons. The molecule has 0 saturated heterocycles. The number of rotatable bonds is 6. The van der Waals surface area contributed by atoms with E-state index >= 15 is 0 Å². The number of nitrogens with two attached hydrogens (primary N) is 1. The molecule has 1 aliphatic carbocycles. The van der Waals surface area contributed by atoms with Crippen molar-refractivity contribution in [2.75, 3.05) is 24.0 Å². The van der Waals surface area contributed by atoms with E-state index in [0.29, 0.717) is 17.6 Å². The Balaban J connectivity index is 2.34. The van der Waals surface area contributed by atoms with Crippen molar-refractivity contribution in [1.29, 1.82) is 0 Å². The number of aromatic nitrogens is 2. The summed E-state index contributed by atoms with van der Waals surface area (Å²) in [7, 11) is 1.61. The van der Waals surface area contributed by atoms with Gasteiger partial charge in [-0.25, -0.2) is 15.8 Å². The minimum Gasteiger partial charge on any atom is -0.490 e. The summed E-state index contributed by atoms with van der Waals surface area (Å²) < 4.78 is 5.36. The van der Waals surface area contributed by atoms with Gasteiger partial charge in [-0.15, -0.1) is 0 Å². The normalized spacial score (nSPS) is 14.5. The lowest BCUT2D eigenvalue weighted by Gasteiger charge is -2.25. The van der Waals surface area contributed by atoms with Gasteiger partial charge >= 0.3 is 0 Å². The molecule has 2 rings (SSSR count). The Morgan fingerprint density at radius 1 is 1.53 bits per heavy atom. The Bertz CT molecular complexity index is 380. The number of hydrogen-bond acceptors (Lipinski definition) is 6. The Morgan fingerprint density at radius 2 is 2.29 bits per heavy atom. The first-order chi connectivity index (χ1) is 8.31. The molecular weight excluding hydrogens is 218 g/mol. The van der Waals surface area contributed by atoms with Crippen LogP contribution >= 0.6 is 0 Å². The van der Waals surface area contributed by atoms with Crippen molar-refractivity contribution in [1.82, 2.24) is 9.97 Å². The molecule has 0 atom stereocenters. The second-order valence-electron chi connectivity index (χ2n) is 4.15. The first-order valence-corrected chi connectivity index (χ1v) is 5.94. The molecular formula is C11H19N5O. The molecule has 1 fully saturated rings. The molecule has 0 spiro atoms. The predicted molar refractivity (Wildman–Crippen MR) is 67.1 cm³/mol. The van der Waals surface area contributed by atoms with Crippen molar-refractivity contribution in [2.45, 2.75) is 32.2 Å². The molecule has 6 nitrogen and oxygen atoms in total. The molecule has 94 valence electrons. The fourth-order valence-electron chi connectivity index (χ4n) is 1.95. The zero-order chi connectivity index (χ0) is 12.3. The van der Waals surface area contributed by atoms with Gasteiger partial charge in [0.2, 0.25) is 5.75 Å². The average molecular weight is 237 g/mol. The third-order valence-electron chi connectivity index (χ3n) is 2.85. The van der Waals surface area contributed by atoms with Gasteiger partial charge in [-0.2, -0.15) is 0 Å². The number of nitrogens with zero attached hydrogens (tertiary/aromatic N) is 3. The lowest BCUT2D eigenvalue weighted by molar-refractivity contribution is 0.411. The molecule has 1 aromatic rings. The van der Waals surface area contributed by atoms with Crippen molar-refractivity contribution in [2.24, 2.45) is 5.84 Å². The van der Waals surface area contributed by atoms with Crippen LogP contribution in [0.5, 0.6) is 5.75 Å². The fraction of sp³-hybridized carbons (Fsp3) is 0.636. The fourth-order valence-corrected chi connectivity index (χ4v) is 1.95. The third-order valence-corrected chi connectivity index (χ3v) is 2.85. The SMILES string of the molecule is CCCN(c1ncnc(NN)c1OC)C1CC1. The smallest absolute Gasteiger partial charge is 0.205 e. The lowest BCUT2D eigenvalue weighted by atomic mass is 10.3. The van der Waals surface area contributed by atoms with Crippen LogP contribution < -0.4 is 20.9 Å². The van der Waals surface area contributed by atoms with Crippen LogP contribution in [0.1, 0.15) is 26.2 Å². The molecule has 0 amide bonds. The number of methoxy groups -OCH3 is 1. The summed E-state index contributed by atoms with van der Waals surface area (Å²) in [5, 5.41) is 0. The summed E-state index contributed by atoms with van der Waals surface area (Å²) in [6, 6.07) is 0.587. The molecule has 0 aromatic carbocycles. The standard InChI is InChI=1S/C11H19N5O/c1-3-6-16(8-4-5-8)11-9(17-2)10(15-12)13-7-14-11/h7-8H,3-6,12H2,1-2H3,(H,13,14,15). The van der Waals surface area contributed by atoms with Crippen LogP contribution in [-0.2, 0) is 0 Å². The lowest BCUT2D eigenvalue weighted by Crippen LogP contribution is -2.28. The Hall–Kier alpha value is -1.56. The van der Waals surface area contributed by atoms with E-state index in [-0.39, 0.29) is 0 Å². The monoisotopic (exact) mass is 237 g/mol. The van der Waals surface area contributed by atoms with Gasteiger partial charge in [0.15, 0.2) is 11.6 Å². The summed E-state index contributed by atoms with van der Waals surface area (Å²) in [5.74, 6) is 7.40. The van der Waals surface area contributed by atoms with E-state index < -0.39 is 0 Å². The number of nitrogen functional groups attached to an aromatic ring is 1. The number of anilines is 2. The van der Waals surface area contributed by atoms with E-state index in [1.165, 1.54) is 19.2 Å². The maximum Gasteiger partial charge on any atom is 0.205 e. The summed E-state index contributed by atoms with van der Waals surface area (Å²) in [4.78, 5) is 10.7. The van der Waals surface area contributed by atoms with Gasteiger partial charge in [0.05, 0.1) is 7.11 Å². The second-order valence-corrected chi connectivity index (χ2v) is 4.15. The summed E-state index contributed by atoms with van der Waals surface area (Å²) in [6.07, 6.45) is 5.03. The highest BCUT2D eigenvalue weighted by Gasteiger charge is 2.32. The average Bonchev–Trinajstić information content (AvgIpc) is 3.19. The van der Waals surface area contributed by atoms with Gasteiger partial charge in [-0.05, 0) is 19.3 Å². The summed E-state index contributed by atoms with van der Waals surface area (Å²) >= 11 is 0. The topological polar surface area (TPSA) is 76.3 Å². The van der Waals surface area contributed by atoms with Gasteiger partial charge in [-0.3, -0.25) is 0 Å². The molecule has 1 saturated carbocycles. The molecule has 0 bridgehead atoms. The number of hydrazine groups is 1. The van der Waals surface area contributed by atoms with Gasteiger partial charge in [0.25, 0.3) is 0 Å². The molecule has 0 aliphatic heterocycles. The van der Waals surface area contributed by atoms with Crippen LogP contribution in [0.4, 0.5) is 11.6 Å².